The van der Waals surface area contributed by atoms with E-state index in [4.69, 9.17) is 15.0 Å². The summed E-state index contributed by atoms with van der Waals surface area (Å²) in [6, 6.07) is 5.99. The van der Waals surface area contributed by atoms with Crippen molar-refractivity contribution < 1.29 is 22.5 Å². The Morgan fingerprint density at radius 3 is 2.30 bits per heavy atom. The van der Waals surface area contributed by atoms with Gasteiger partial charge in [0.2, 0.25) is 0 Å². The summed E-state index contributed by atoms with van der Waals surface area (Å²) in [5.41, 5.74) is 7.12. The molecule has 2 aromatic rings. The quantitative estimate of drug-likeness (QED) is 0.241. The van der Waals surface area contributed by atoms with Crippen molar-refractivity contribution in [2.45, 2.75) is 44.7 Å². The van der Waals surface area contributed by atoms with E-state index >= 15 is 0 Å². The number of anilines is 1. The molecule has 0 atom stereocenters. The van der Waals surface area contributed by atoms with Crippen molar-refractivity contribution in [1.82, 2.24) is 9.97 Å². The first-order valence-electron chi connectivity index (χ1n) is 10.4. The standard InChI is InChI=1S/C15H26N4O2S.C7H8O3S/c1-6-21-13(20)11-9-17-14(22-5)18-12(11)19(8-7-16)10-15(2,3)4;1-6-2-4-7(5-3-6)11(8,9)10/h9H,6-8,10,16H2,1-5H3;2-5H,1H3,(H,8,9,10). The Balaban J connectivity index is 0.000000412. The number of ether oxygens (including phenoxy) is 1. The van der Waals surface area contributed by atoms with E-state index < -0.39 is 16.1 Å². The molecular weight excluding hydrogens is 464 g/mol. The fraction of sp³-hybridized carbons (Fsp3) is 0.500. The number of hydrogen-bond acceptors (Lipinski definition) is 9. The summed E-state index contributed by atoms with van der Waals surface area (Å²) in [5, 5.41) is 0.624. The van der Waals surface area contributed by atoms with Gasteiger partial charge in [-0.15, -0.1) is 0 Å². The lowest BCUT2D eigenvalue weighted by Gasteiger charge is -2.31. The number of aryl methyl sites for hydroxylation is 1. The molecule has 0 saturated carbocycles. The highest BCUT2D eigenvalue weighted by molar-refractivity contribution is 7.98. The molecular formula is C22H34N4O5S2. The zero-order valence-electron chi connectivity index (χ0n) is 20.0. The van der Waals surface area contributed by atoms with Gasteiger partial charge in [0.05, 0.1) is 11.5 Å². The Hall–Kier alpha value is -2.21. The fourth-order valence-electron chi connectivity index (χ4n) is 2.75. The number of nitrogens with zero attached hydrogens (tertiary/aromatic N) is 3. The molecule has 9 nitrogen and oxygen atoms in total. The van der Waals surface area contributed by atoms with Crippen LogP contribution in [0.25, 0.3) is 0 Å². The van der Waals surface area contributed by atoms with Crippen LogP contribution in [0, 0.1) is 12.3 Å². The highest BCUT2D eigenvalue weighted by Gasteiger charge is 2.24. The second-order valence-corrected chi connectivity index (χ2v) is 10.6. The Bertz CT molecular complexity index is 1010. The fourth-order valence-corrected chi connectivity index (χ4v) is 3.56. The minimum Gasteiger partial charge on any atom is -0.462 e. The van der Waals surface area contributed by atoms with Crippen LogP contribution in [0.3, 0.4) is 0 Å². The second-order valence-electron chi connectivity index (χ2n) is 8.37. The van der Waals surface area contributed by atoms with E-state index in [0.29, 0.717) is 36.2 Å². The van der Waals surface area contributed by atoms with E-state index in [2.05, 4.69) is 30.7 Å². The third-order valence-electron chi connectivity index (χ3n) is 4.11. The van der Waals surface area contributed by atoms with Crippen LogP contribution in [0.4, 0.5) is 5.82 Å². The van der Waals surface area contributed by atoms with E-state index in [9.17, 15) is 13.2 Å². The first kappa shape index (κ1) is 28.8. The van der Waals surface area contributed by atoms with Gasteiger partial charge in [0, 0.05) is 25.8 Å². The average molecular weight is 499 g/mol. The van der Waals surface area contributed by atoms with Crippen molar-refractivity contribution >= 4 is 33.7 Å². The van der Waals surface area contributed by atoms with Crippen molar-refractivity contribution in [3.05, 3.63) is 41.6 Å². The van der Waals surface area contributed by atoms with Gasteiger partial charge in [-0.2, -0.15) is 8.42 Å². The molecule has 0 saturated heterocycles. The maximum absolute atomic E-state index is 12.2. The first-order valence-corrected chi connectivity index (χ1v) is 13.1. The molecule has 33 heavy (non-hydrogen) atoms. The summed E-state index contributed by atoms with van der Waals surface area (Å²) in [7, 11) is -4.02. The Morgan fingerprint density at radius 1 is 1.24 bits per heavy atom. The summed E-state index contributed by atoms with van der Waals surface area (Å²) in [6.45, 7) is 12.2. The van der Waals surface area contributed by atoms with E-state index in [1.165, 1.54) is 23.9 Å². The van der Waals surface area contributed by atoms with Crippen LogP contribution in [0.15, 0.2) is 40.5 Å². The third-order valence-corrected chi connectivity index (χ3v) is 5.54. The van der Waals surface area contributed by atoms with Crippen molar-refractivity contribution in [2.75, 3.05) is 37.4 Å². The molecule has 3 N–H and O–H groups in total. The molecule has 1 aromatic carbocycles. The minimum atomic E-state index is -4.02. The monoisotopic (exact) mass is 498 g/mol. The molecule has 1 aromatic heterocycles. The largest absolute Gasteiger partial charge is 0.462 e. The molecule has 11 heteroatoms. The van der Waals surface area contributed by atoms with Crippen LogP contribution in [-0.4, -0.2) is 61.4 Å². The summed E-state index contributed by atoms with van der Waals surface area (Å²) >= 11 is 1.44. The van der Waals surface area contributed by atoms with Crippen molar-refractivity contribution in [1.29, 1.82) is 0 Å². The smallest absolute Gasteiger partial charge is 0.343 e. The lowest BCUT2D eigenvalue weighted by atomic mass is 9.96. The Kier molecular flexibility index (Phi) is 11.2. The molecule has 0 aliphatic heterocycles. The van der Waals surface area contributed by atoms with Gasteiger partial charge in [-0.1, -0.05) is 50.2 Å². The maximum Gasteiger partial charge on any atom is 0.343 e. The van der Waals surface area contributed by atoms with E-state index in [0.717, 1.165) is 12.1 Å². The molecule has 0 radical (unpaired) electrons. The number of hydrogen-bond donors (Lipinski definition) is 2. The van der Waals surface area contributed by atoms with E-state index in [1.54, 1.807) is 25.3 Å². The zero-order valence-corrected chi connectivity index (χ0v) is 21.7. The molecule has 2 rings (SSSR count). The van der Waals surface area contributed by atoms with E-state index in [-0.39, 0.29) is 10.3 Å². The molecule has 0 spiro atoms. The molecule has 0 aliphatic rings. The van der Waals surface area contributed by atoms with Crippen molar-refractivity contribution in [2.24, 2.45) is 11.1 Å². The second kappa shape index (κ2) is 12.9. The van der Waals surface area contributed by atoms with Gasteiger partial charge in [0.25, 0.3) is 10.1 Å². The van der Waals surface area contributed by atoms with Crippen LogP contribution in [0.5, 0.6) is 0 Å². The van der Waals surface area contributed by atoms with Crippen LogP contribution in [0.2, 0.25) is 0 Å². The number of thioether (sulfide) groups is 1. The highest BCUT2D eigenvalue weighted by atomic mass is 32.2. The van der Waals surface area contributed by atoms with Crippen LogP contribution >= 0.6 is 11.8 Å². The van der Waals surface area contributed by atoms with Crippen LogP contribution in [0.1, 0.15) is 43.6 Å². The van der Waals surface area contributed by atoms with Crippen molar-refractivity contribution in [3.63, 3.8) is 0 Å². The number of carbonyl (C=O) groups excluding carboxylic acids is 1. The van der Waals surface area contributed by atoms with Gasteiger partial charge in [-0.25, -0.2) is 14.8 Å². The third kappa shape index (κ3) is 10.1. The number of nitrogens with two attached hydrogens (primary N) is 1. The maximum atomic E-state index is 12.2. The predicted molar refractivity (Wildman–Crippen MR) is 131 cm³/mol. The van der Waals surface area contributed by atoms with Crippen LogP contribution in [-0.2, 0) is 14.9 Å². The number of carbonyl (C=O) groups is 1. The number of rotatable bonds is 8. The molecule has 0 bridgehead atoms. The van der Waals surface area contributed by atoms with Gasteiger partial charge in [0.15, 0.2) is 5.16 Å². The lowest BCUT2D eigenvalue weighted by molar-refractivity contribution is 0.0525. The predicted octanol–water partition coefficient (Wildman–Crippen LogP) is 3.43. The molecule has 0 aliphatic carbocycles. The Labute approximate surface area is 200 Å². The van der Waals surface area contributed by atoms with Gasteiger partial charge >= 0.3 is 5.97 Å². The van der Waals surface area contributed by atoms with Gasteiger partial charge < -0.3 is 15.4 Å². The first-order chi connectivity index (χ1) is 15.3. The average Bonchev–Trinajstić information content (AvgIpc) is 2.72. The minimum absolute atomic E-state index is 0.0472. The van der Waals surface area contributed by atoms with Crippen molar-refractivity contribution in [3.8, 4) is 0 Å². The Morgan fingerprint density at radius 2 is 1.85 bits per heavy atom. The van der Waals surface area contributed by atoms with Gasteiger partial charge in [-0.3, -0.25) is 4.55 Å². The summed E-state index contributed by atoms with van der Waals surface area (Å²) < 4.78 is 34.7. The summed E-state index contributed by atoms with van der Waals surface area (Å²) in [5.74, 6) is 0.194. The SMILES string of the molecule is CCOC(=O)c1cnc(SC)nc1N(CCN)CC(C)(C)C.Cc1ccc(S(=O)(=O)O)cc1. The van der Waals surface area contributed by atoms with Crippen LogP contribution < -0.4 is 10.6 Å². The molecule has 0 amide bonds. The topological polar surface area (TPSA) is 136 Å². The number of benzene rings is 1. The lowest BCUT2D eigenvalue weighted by Crippen LogP contribution is -2.38. The molecule has 184 valence electrons. The summed E-state index contributed by atoms with van der Waals surface area (Å²) in [4.78, 5) is 22.9. The molecule has 0 unspecified atom stereocenters. The van der Waals surface area contributed by atoms with E-state index in [1.807, 2.05) is 18.1 Å². The molecule has 1 heterocycles. The summed E-state index contributed by atoms with van der Waals surface area (Å²) in [6.07, 6.45) is 3.44. The molecule has 0 fully saturated rings. The van der Waals surface area contributed by atoms with Gasteiger partial charge in [-0.05, 0) is 37.7 Å². The zero-order chi connectivity index (χ0) is 25.2. The number of aromatic nitrogens is 2. The normalized spacial score (nSPS) is 11.4. The highest BCUT2D eigenvalue weighted by Crippen LogP contribution is 2.25. The number of esters is 1. The van der Waals surface area contributed by atoms with Gasteiger partial charge in [0.1, 0.15) is 11.4 Å².